The van der Waals surface area contributed by atoms with Crippen LogP contribution in [-0.2, 0) is 9.59 Å². The molecule has 0 saturated carbocycles. The van der Waals surface area contributed by atoms with Crippen LogP contribution in [0.2, 0.25) is 0 Å². The van der Waals surface area contributed by atoms with Gasteiger partial charge in [0.15, 0.2) is 0 Å². The number of carbonyl (C=O) groups excluding carboxylic acids is 2. The summed E-state index contributed by atoms with van der Waals surface area (Å²) in [6.07, 6.45) is 11.3. The lowest BCUT2D eigenvalue weighted by Crippen LogP contribution is -2.38. The van der Waals surface area contributed by atoms with Gasteiger partial charge >= 0.3 is 0 Å². The van der Waals surface area contributed by atoms with Crippen molar-refractivity contribution in [3.05, 3.63) is 73.9 Å². The predicted molar refractivity (Wildman–Crippen MR) is 149 cm³/mol. The van der Waals surface area contributed by atoms with E-state index in [1.54, 1.807) is 40.3 Å². The van der Waals surface area contributed by atoms with Crippen molar-refractivity contribution in [2.24, 2.45) is 0 Å². The van der Waals surface area contributed by atoms with Gasteiger partial charge in [-0.05, 0) is 43.2 Å². The molecular weight excluding hydrogens is 508 g/mol. The molecule has 12 heteroatoms. The number of amides is 2. The molecule has 2 amide bonds. The highest BCUT2D eigenvalue weighted by Gasteiger charge is 2.24. The lowest BCUT2D eigenvalue weighted by atomic mass is 10.1. The normalized spacial score (nSPS) is 13.5. The monoisotopic (exact) mass is 536 g/mol. The molecule has 0 spiro atoms. The van der Waals surface area contributed by atoms with E-state index in [0.29, 0.717) is 43.5 Å². The van der Waals surface area contributed by atoms with Gasteiger partial charge < -0.3 is 15.5 Å². The molecule has 4 heterocycles. The van der Waals surface area contributed by atoms with Gasteiger partial charge in [-0.1, -0.05) is 13.2 Å². The summed E-state index contributed by atoms with van der Waals surface area (Å²) in [4.78, 5) is 34.7. The molecular formula is C28H28N10O2. The quantitative estimate of drug-likeness (QED) is 0.245. The molecule has 1 fully saturated rings. The summed E-state index contributed by atoms with van der Waals surface area (Å²) in [5, 5.41) is 25.1. The number of aromatic nitrogens is 6. The third-order valence-electron chi connectivity index (χ3n) is 6.80. The van der Waals surface area contributed by atoms with E-state index in [0.717, 1.165) is 34.9 Å². The van der Waals surface area contributed by atoms with Crippen LogP contribution in [0.1, 0.15) is 24.4 Å². The summed E-state index contributed by atoms with van der Waals surface area (Å²) in [7, 11) is 0. The molecule has 1 aliphatic rings. The maximum atomic E-state index is 11.9. The highest BCUT2D eigenvalue weighted by molar-refractivity contribution is 5.87. The van der Waals surface area contributed by atoms with E-state index in [2.05, 4.69) is 45.0 Å². The number of carbonyl (C=O) groups is 2. The average molecular weight is 537 g/mol. The molecule has 1 aliphatic heterocycles. The number of nitriles is 1. The lowest BCUT2D eigenvalue weighted by Gasteiger charge is -2.31. The second-order valence-corrected chi connectivity index (χ2v) is 9.27. The Hall–Kier alpha value is -5.31. The van der Waals surface area contributed by atoms with Crippen LogP contribution >= 0.6 is 0 Å². The molecule has 0 unspecified atom stereocenters. The first-order valence-electron chi connectivity index (χ1n) is 12.9. The van der Waals surface area contributed by atoms with E-state index in [1.807, 2.05) is 16.9 Å². The van der Waals surface area contributed by atoms with Gasteiger partial charge in [-0.25, -0.2) is 4.98 Å². The molecule has 0 radical (unpaired) electrons. The number of nitrogens with one attached hydrogen (secondary N) is 2. The van der Waals surface area contributed by atoms with E-state index in [9.17, 15) is 14.9 Å². The minimum absolute atomic E-state index is 0.0488. The third-order valence-corrected chi connectivity index (χ3v) is 6.80. The predicted octanol–water partition coefficient (Wildman–Crippen LogP) is 2.61. The van der Waals surface area contributed by atoms with Crippen LogP contribution in [0.15, 0.2) is 68.3 Å². The van der Waals surface area contributed by atoms with Gasteiger partial charge in [-0.3, -0.25) is 14.3 Å². The van der Waals surface area contributed by atoms with Crippen LogP contribution in [0.25, 0.3) is 28.0 Å². The first kappa shape index (κ1) is 26.3. The number of benzene rings is 1. The summed E-state index contributed by atoms with van der Waals surface area (Å²) in [5.41, 5.74) is 2.89. The smallest absolute Gasteiger partial charge is 0.253 e. The Morgan fingerprint density at radius 1 is 1.10 bits per heavy atom. The van der Waals surface area contributed by atoms with Gasteiger partial charge in [0.2, 0.25) is 11.8 Å². The lowest BCUT2D eigenvalue weighted by molar-refractivity contribution is -0.127. The molecule has 0 aliphatic carbocycles. The molecule has 3 aromatic heterocycles. The molecule has 1 aromatic carbocycles. The summed E-state index contributed by atoms with van der Waals surface area (Å²) >= 11 is 0. The van der Waals surface area contributed by atoms with Crippen LogP contribution in [0, 0.1) is 11.3 Å². The van der Waals surface area contributed by atoms with Crippen molar-refractivity contribution in [1.82, 2.24) is 39.7 Å². The van der Waals surface area contributed by atoms with E-state index in [1.165, 1.54) is 12.2 Å². The van der Waals surface area contributed by atoms with Crippen molar-refractivity contribution in [2.75, 3.05) is 31.5 Å². The Kier molecular flexibility index (Phi) is 7.63. The number of hydrogen-bond acceptors (Lipinski definition) is 8. The Labute approximate surface area is 230 Å². The van der Waals surface area contributed by atoms with E-state index in [4.69, 9.17) is 4.98 Å². The number of nitrogens with zero attached hydrogens (tertiary/aromatic N) is 8. The minimum atomic E-state index is -0.257. The fourth-order valence-electron chi connectivity index (χ4n) is 4.68. The summed E-state index contributed by atoms with van der Waals surface area (Å²) in [6, 6.07) is 7.61. The topological polar surface area (TPSA) is 147 Å². The molecule has 40 heavy (non-hydrogen) atoms. The third kappa shape index (κ3) is 5.44. The van der Waals surface area contributed by atoms with Gasteiger partial charge in [0.25, 0.3) is 5.95 Å². The summed E-state index contributed by atoms with van der Waals surface area (Å²) < 4.78 is 3.55. The van der Waals surface area contributed by atoms with Crippen LogP contribution in [0.4, 0.5) is 5.82 Å². The van der Waals surface area contributed by atoms with Gasteiger partial charge in [0.05, 0.1) is 35.6 Å². The fraction of sp³-hybridized carbons (Fsp3) is 0.250. The molecule has 5 rings (SSSR count). The molecule has 2 N–H and O–H groups in total. The maximum absolute atomic E-state index is 11.9. The van der Waals surface area contributed by atoms with Gasteiger partial charge in [-0.2, -0.15) is 25.1 Å². The SMILES string of the molecule is C=CC(=O)NCCNc1nc(-n2ncc3cc(C#N)ccc32)ncc1-c1cnn(C2CCN(C(=O)C=C)CC2)c1. The van der Waals surface area contributed by atoms with E-state index in [-0.39, 0.29) is 17.9 Å². The Morgan fingerprint density at radius 2 is 1.93 bits per heavy atom. The highest BCUT2D eigenvalue weighted by Crippen LogP contribution is 2.30. The molecule has 12 nitrogen and oxygen atoms in total. The minimum Gasteiger partial charge on any atom is -0.368 e. The molecule has 1 saturated heterocycles. The van der Waals surface area contributed by atoms with Crippen molar-refractivity contribution in [3.8, 4) is 23.1 Å². The zero-order valence-electron chi connectivity index (χ0n) is 21.8. The van der Waals surface area contributed by atoms with Gasteiger partial charge in [0.1, 0.15) is 5.82 Å². The first-order chi connectivity index (χ1) is 19.5. The standard InChI is InChI=1S/C28H28N10O2/c1-3-25(39)30-9-10-31-27-23(21-16-33-37(18-21)22-7-11-36(12-8-22)26(40)4-2)17-32-28(35-27)38-24-6-5-19(14-29)13-20(24)15-34-38/h3-6,13,15-18,22H,1-2,7-12H2,(H,30,39)(H,31,32,35). The van der Waals surface area contributed by atoms with Gasteiger partial charge in [0, 0.05) is 55.1 Å². The number of fused-ring (bicyclic) bond motifs is 1. The molecule has 0 atom stereocenters. The zero-order chi connectivity index (χ0) is 28.1. The van der Waals surface area contributed by atoms with E-state index >= 15 is 0 Å². The van der Waals surface area contributed by atoms with Crippen molar-refractivity contribution in [1.29, 1.82) is 5.26 Å². The fourth-order valence-corrected chi connectivity index (χ4v) is 4.68. The average Bonchev–Trinajstić information content (AvgIpc) is 3.66. The van der Waals surface area contributed by atoms with Crippen molar-refractivity contribution in [3.63, 3.8) is 0 Å². The number of likely N-dealkylation sites (tertiary alicyclic amines) is 1. The zero-order valence-corrected chi connectivity index (χ0v) is 21.8. The Morgan fingerprint density at radius 3 is 2.67 bits per heavy atom. The molecule has 202 valence electrons. The largest absolute Gasteiger partial charge is 0.368 e. The second-order valence-electron chi connectivity index (χ2n) is 9.27. The Balaban J connectivity index is 1.42. The van der Waals surface area contributed by atoms with Crippen LogP contribution in [-0.4, -0.2) is 72.4 Å². The second kappa shape index (κ2) is 11.6. The molecule has 4 aromatic rings. The van der Waals surface area contributed by atoms with Crippen molar-refractivity contribution < 1.29 is 9.59 Å². The Bertz CT molecular complexity index is 1620. The number of anilines is 1. The van der Waals surface area contributed by atoms with Crippen LogP contribution in [0.3, 0.4) is 0 Å². The molecule has 0 bridgehead atoms. The summed E-state index contributed by atoms with van der Waals surface area (Å²) in [6.45, 7) is 9.13. The number of piperidine rings is 1. The van der Waals surface area contributed by atoms with Crippen molar-refractivity contribution in [2.45, 2.75) is 18.9 Å². The first-order valence-corrected chi connectivity index (χ1v) is 12.9. The van der Waals surface area contributed by atoms with Crippen LogP contribution in [0.5, 0.6) is 0 Å². The number of hydrogen-bond donors (Lipinski definition) is 2. The maximum Gasteiger partial charge on any atom is 0.253 e. The highest BCUT2D eigenvalue weighted by atomic mass is 16.2. The van der Waals surface area contributed by atoms with Gasteiger partial charge in [-0.15, -0.1) is 0 Å². The number of rotatable bonds is 9. The van der Waals surface area contributed by atoms with E-state index < -0.39 is 0 Å². The summed E-state index contributed by atoms with van der Waals surface area (Å²) in [5.74, 6) is 0.605. The van der Waals surface area contributed by atoms with Crippen molar-refractivity contribution >= 4 is 28.5 Å². The van der Waals surface area contributed by atoms with Crippen LogP contribution < -0.4 is 10.6 Å².